The molecule has 0 fully saturated rings. The molecule has 1 unspecified atom stereocenters. The minimum absolute atomic E-state index is 0.0801. The van der Waals surface area contributed by atoms with Crippen LogP contribution in [0.5, 0.6) is 0 Å². The van der Waals surface area contributed by atoms with Crippen LogP contribution in [0.15, 0.2) is 126 Å². The number of anilines is 2. The van der Waals surface area contributed by atoms with Crippen LogP contribution < -0.4 is 4.90 Å². The zero-order chi connectivity index (χ0) is 32.4. The molecule has 0 radical (unpaired) electrons. The van der Waals surface area contributed by atoms with E-state index >= 15 is 0 Å². The van der Waals surface area contributed by atoms with E-state index in [1.807, 2.05) is 11.8 Å². The van der Waals surface area contributed by atoms with E-state index in [1.165, 1.54) is 49.8 Å². The second-order valence-electron chi connectivity index (χ2n) is 15.5. The third-order valence-corrected chi connectivity index (χ3v) is 9.95. The van der Waals surface area contributed by atoms with Gasteiger partial charge < -0.3 is 4.90 Å². The van der Waals surface area contributed by atoms with E-state index in [4.69, 9.17) is 0 Å². The lowest BCUT2D eigenvalue weighted by atomic mass is 9.75. The number of nitrogens with zero attached hydrogens (tertiary/aromatic N) is 1. The van der Waals surface area contributed by atoms with Crippen molar-refractivity contribution in [1.82, 2.24) is 0 Å². The number of rotatable bonds is 6. The Morgan fingerprint density at radius 3 is 1.51 bits per heavy atom. The first kappa shape index (κ1) is 32.9. The molecular weight excluding hydrogens is 563 g/mol. The van der Waals surface area contributed by atoms with Crippen molar-refractivity contribution in [3.8, 4) is 11.1 Å². The van der Waals surface area contributed by atoms with Gasteiger partial charge in [-0.3, -0.25) is 0 Å². The molecule has 0 N–H and O–H groups in total. The first-order chi connectivity index (χ1) is 21.2. The van der Waals surface area contributed by atoms with Crippen molar-refractivity contribution in [2.75, 3.05) is 10.7 Å². The summed E-state index contributed by atoms with van der Waals surface area (Å²) in [4.78, 5) is 3.91. The molecule has 45 heavy (non-hydrogen) atoms. The molecule has 0 aromatic heterocycles. The minimum atomic E-state index is 0.0801. The zero-order valence-electron chi connectivity index (χ0n) is 28.8. The molecule has 1 aliphatic heterocycles. The summed E-state index contributed by atoms with van der Waals surface area (Å²) in [5, 5.41) is 0. The number of benzene rings is 4. The van der Waals surface area contributed by atoms with Crippen LogP contribution in [-0.2, 0) is 10.8 Å². The number of hydrogen-bond donors (Lipinski definition) is 0. The molecule has 1 heterocycles. The molecule has 0 saturated heterocycles. The van der Waals surface area contributed by atoms with Gasteiger partial charge in [-0.2, -0.15) is 0 Å². The quantitative estimate of drug-likeness (QED) is 0.213. The lowest BCUT2D eigenvalue weighted by Gasteiger charge is -2.33. The molecule has 2 heteroatoms. The summed E-state index contributed by atoms with van der Waals surface area (Å²) in [6.45, 7) is 20.8. The molecule has 0 saturated carbocycles. The summed E-state index contributed by atoms with van der Waals surface area (Å²) in [7, 11) is 0. The Morgan fingerprint density at radius 1 is 0.556 bits per heavy atom. The van der Waals surface area contributed by atoms with Crippen molar-refractivity contribution in [3.63, 3.8) is 0 Å². The fraction of sp³-hybridized carbons (Fsp3) is 0.349. The Morgan fingerprint density at radius 2 is 1.04 bits per heavy atom. The molecule has 0 amide bonds. The summed E-state index contributed by atoms with van der Waals surface area (Å²) in [5.74, 6) is 1.36. The Kier molecular flexibility index (Phi) is 9.57. The van der Waals surface area contributed by atoms with Gasteiger partial charge in [0.25, 0.3) is 0 Å². The summed E-state index contributed by atoms with van der Waals surface area (Å²) in [5.41, 5.74) is 10.7. The van der Waals surface area contributed by atoms with Crippen LogP contribution >= 0.6 is 11.8 Å². The van der Waals surface area contributed by atoms with E-state index in [0.717, 1.165) is 12.2 Å². The molecule has 1 nitrogen and oxygen atoms in total. The van der Waals surface area contributed by atoms with Crippen LogP contribution in [0.2, 0.25) is 0 Å². The van der Waals surface area contributed by atoms with Gasteiger partial charge in [0.15, 0.2) is 0 Å². The lowest BCUT2D eigenvalue weighted by molar-refractivity contribution is 0.363. The summed E-state index contributed by atoms with van der Waals surface area (Å²) in [6.07, 6.45) is 5.80. The molecular formula is C43H51NS. The fourth-order valence-corrected chi connectivity index (χ4v) is 7.61. The molecule has 4 aromatic rings. The maximum atomic E-state index is 2.47. The molecule has 1 aliphatic rings. The van der Waals surface area contributed by atoms with Gasteiger partial charge >= 0.3 is 0 Å². The van der Waals surface area contributed by atoms with E-state index in [2.05, 4.69) is 182 Å². The lowest BCUT2D eigenvalue weighted by Crippen LogP contribution is -2.19. The normalized spacial score (nSPS) is 15.1. The second-order valence-corrected chi connectivity index (χ2v) is 16.7. The van der Waals surface area contributed by atoms with E-state index in [9.17, 15) is 0 Å². The first-order valence-electron chi connectivity index (χ1n) is 16.4. The van der Waals surface area contributed by atoms with Crippen molar-refractivity contribution in [3.05, 3.63) is 143 Å². The number of thioether (sulfide) groups is 1. The Labute approximate surface area is 277 Å². The molecule has 234 valence electrons. The highest BCUT2D eigenvalue weighted by molar-refractivity contribution is 8.03. The maximum absolute atomic E-state index is 2.47. The van der Waals surface area contributed by atoms with E-state index < -0.39 is 0 Å². The second kappa shape index (κ2) is 13.1. The van der Waals surface area contributed by atoms with Crippen molar-refractivity contribution >= 4 is 23.1 Å². The Balaban J connectivity index is 1.53. The molecule has 4 aromatic carbocycles. The zero-order valence-corrected chi connectivity index (χ0v) is 29.6. The SMILES string of the molecule is CC(C)(C)c1ccc(N(C2=CC=C(C(c3ccc(-c4ccccc4)cc3)C(C)(C)C)SCC2)c2ccc(C(C)(C)C)cc2)cc1. The van der Waals surface area contributed by atoms with Crippen molar-refractivity contribution in [1.29, 1.82) is 0 Å². The third kappa shape index (κ3) is 7.85. The average Bonchev–Trinajstić information content (AvgIpc) is 3.23. The monoisotopic (exact) mass is 613 g/mol. The van der Waals surface area contributed by atoms with Crippen LogP contribution in [-0.4, -0.2) is 5.75 Å². The van der Waals surface area contributed by atoms with E-state index in [0.29, 0.717) is 5.92 Å². The highest BCUT2D eigenvalue weighted by Crippen LogP contribution is 2.47. The number of allylic oxidation sites excluding steroid dienone is 4. The fourth-order valence-electron chi connectivity index (χ4n) is 6.24. The predicted molar refractivity (Wildman–Crippen MR) is 200 cm³/mol. The minimum Gasteiger partial charge on any atom is -0.314 e. The molecule has 1 atom stereocenters. The van der Waals surface area contributed by atoms with Crippen LogP contribution in [0.25, 0.3) is 11.1 Å². The predicted octanol–water partition coefficient (Wildman–Crippen LogP) is 12.8. The highest BCUT2D eigenvalue weighted by Gasteiger charge is 2.31. The molecule has 5 rings (SSSR count). The van der Waals surface area contributed by atoms with Gasteiger partial charge in [-0.1, -0.05) is 147 Å². The van der Waals surface area contributed by atoms with Gasteiger partial charge in [0.05, 0.1) is 0 Å². The van der Waals surface area contributed by atoms with Gasteiger partial charge in [-0.05, 0) is 85.7 Å². The van der Waals surface area contributed by atoms with Gasteiger partial charge in [0.2, 0.25) is 0 Å². The van der Waals surface area contributed by atoms with Gasteiger partial charge in [0, 0.05) is 28.7 Å². The molecule has 0 spiro atoms. The highest BCUT2D eigenvalue weighted by atomic mass is 32.2. The van der Waals surface area contributed by atoms with Crippen molar-refractivity contribution < 1.29 is 0 Å². The largest absolute Gasteiger partial charge is 0.314 e. The summed E-state index contributed by atoms with van der Waals surface area (Å²) < 4.78 is 0. The van der Waals surface area contributed by atoms with Crippen LogP contribution in [0.1, 0.15) is 91.3 Å². The first-order valence-corrected chi connectivity index (χ1v) is 17.4. The Bertz CT molecular complexity index is 1560. The molecule has 0 bridgehead atoms. The topological polar surface area (TPSA) is 3.24 Å². The van der Waals surface area contributed by atoms with E-state index in [1.54, 1.807) is 0 Å². The Hall–Kier alpha value is -3.49. The van der Waals surface area contributed by atoms with Gasteiger partial charge in [-0.25, -0.2) is 0 Å². The van der Waals surface area contributed by atoms with Gasteiger partial charge in [-0.15, -0.1) is 11.8 Å². The standard InChI is InChI=1S/C43H51NS/c1-41(2,3)34-19-23-36(24-20-34)44(37-25-21-35(22-26-37)42(4,5)6)38-27-28-39(45-30-29-38)40(43(7,8)9)33-17-15-32(16-18-33)31-13-11-10-12-14-31/h10-28,40H,29-30H2,1-9H3. The maximum Gasteiger partial charge on any atom is 0.0458 e. The third-order valence-electron chi connectivity index (χ3n) is 8.84. The summed E-state index contributed by atoms with van der Waals surface area (Å²) in [6, 6.07) is 38.3. The van der Waals surface area contributed by atoms with Gasteiger partial charge in [0.1, 0.15) is 0 Å². The van der Waals surface area contributed by atoms with Crippen LogP contribution in [0.4, 0.5) is 11.4 Å². The van der Waals surface area contributed by atoms with Crippen molar-refractivity contribution in [2.45, 2.75) is 85.5 Å². The van der Waals surface area contributed by atoms with E-state index in [-0.39, 0.29) is 16.2 Å². The van der Waals surface area contributed by atoms with Crippen LogP contribution in [0.3, 0.4) is 0 Å². The summed E-state index contributed by atoms with van der Waals surface area (Å²) >= 11 is 2.02. The average molecular weight is 614 g/mol. The van der Waals surface area contributed by atoms with Crippen molar-refractivity contribution in [2.24, 2.45) is 5.41 Å². The molecule has 0 aliphatic carbocycles. The van der Waals surface area contributed by atoms with Crippen LogP contribution in [0, 0.1) is 5.41 Å². The smallest absolute Gasteiger partial charge is 0.0458 e. The number of hydrogen-bond acceptors (Lipinski definition) is 2.